The van der Waals surface area contributed by atoms with Gasteiger partial charge in [0.25, 0.3) is 0 Å². The number of likely N-dealkylation sites (tertiary alicyclic amines) is 1. The highest BCUT2D eigenvalue weighted by atomic mass is 16.5. The van der Waals surface area contributed by atoms with Crippen LogP contribution >= 0.6 is 0 Å². The molecule has 1 atom stereocenters. The van der Waals surface area contributed by atoms with Gasteiger partial charge in [-0.2, -0.15) is 0 Å². The maximum absolute atomic E-state index is 12.9. The van der Waals surface area contributed by atoms with E-state index in [1.807, 2.05) is 12.1 Å². The Bertz CT molecular complexity index is 682. The lowest BCUT2D eigenvalue weighted by Gasteiger charge is -2.24. The second kappa shape index (κ2) is 8.94. The predicted octanol–water partition coefficient (Wildman–Crippen LogP) is 0.137. The van der Waals surface area contributed by atoms with E-state index in [1.54, 1.807) is 27.1 Å². The van der Waals surface area contributed by atoms with Crippen LogP contribution in [0.25, 0.3) is 0 Å². The van der Waals surface area contributed by atoms with Crippen molar-refractivity contribution in [3.63, 3.8) is 0 Å². The van der Waals surface area contributed by atoms with Crippen LogP contribution in [0.5, 0.6) is 0 Å². The number of nitrogens with zero attached hydrogens (tertiary/aromatic N) is 4. The number of rotatable bonds is 5. The van der Waals surface area contributed by atoms with E-state index >= 15 is 0 Å². The molecule has 0 saturated carbocycles. The van der Waals surface area contributed by atoms with Gasteiger partial charge in [0.1, 0.15) is 6.61 Å². The minimum Gasteiger partial charge on any atom is -0.375 e. The molecule has 1 aromatic rings. The first kappa shape index (κ1) is 19.3. The molecule has 0 spiro atoms. The molecule has 0 aliphatic carbocycles. The highest BCUT2D eigenvalue weighted by Crippen LogP contribution is 2.22. The van der Waals surface area contributed by atoms with E-state index in [-0.39, 0.29) is 36.7 Å². The molecule has 2 fully saturated rings. The summed E-state index contributed by atoms with van der Waals surface area (Å²) in [6.07, 6.45) is 4.42. The molecule has 3 amide bonds. The lowest BCUT2D eigenvalue weighted by atomic mass is 10.1. The van der Waals surface area contributed by atoms with Gasteiger partial charge in [0.05, 0.1) is 5.92 Å². The van der Waals surface area contributed by atoms with Gasteiger partial charge in [-0.1, -0.05) is 6.07 Å². The molecule has 1 aromatic heterocycles. The monoisotopic (exact) mass is 374 g/mol. The summed E-state index contributed by atoms with van der Waals surface area (Å²) in [5, 5.41) is 0. The molecule has 2 aliphatic heterocycles. The fourth-order valence-corrected chi connectivity index (χ4v) is 3.66. The average molecular weight is 374 g/mol. The van der Waals surface area contributed by atoms with Gasteiger partial charge in [0.15, 0.2) is 0 Å². The Morgan fingerprint density at radius 3 is 2.74 bits per heavy atom. The van der Waals surface area contributed by atoms with Crippen LogP contribution in [0.1, 0.15) is 18.4 Å². The topological polar surface area (TPSA) is 83.0 Å². The number of aromatic nitrogens is 1. The largest absolute Gasteiger partial charge is 0.375 e. The van der Waals surface area contributed by atoms with Gasteiger partial charge in [-0.3, -0.25) is 19.4 Å². The van der Waals surface area contributed by atoms with E-state index in [1.165, 1.54) is 7.11 Å². The zero-order valence-electron chi connectivity index (χ0n) is 15.7. The van der Waals surface area contributed by atoms with Crippen LogP contribution in [0.3, 0.4) is 0 Å². The Hall–Kier alpha value is -2.48. The van der Waals surface area contributed by atoms with E-state index in [9.17, 15) is 14.4 Å². The SMILES string of the molecule is COCC(=O)N1CCCN(C(=O)C2CC(=O)N(Cc3cccnc3)C2)CC1. The first-order chi connectivity index (χ1) is 13.1. The maximum Gasteiger partial charge on any atom is 0.248 e. The Morgan fingerprint density at radius 2 is 2.00 bits per heavy atom. The van der Waals surface area contributed by atoms with Gasteiger partial charge in [0, 0.05) is 65.2 Å². The highest BCUT2D eigenvalue weighted by Gasteiger charge is 2.37. The Balaban J connectivity index is 1.55. The second-order valence-electron chi connectivity index (χ2n) is 7.03. The quantitative estimate of drug-likeness (QED) is 0.732. The van der Waals surface area contributed by atoms with Crippen molar-refractivity contribution in [2.45, 2.75) is 19.4 Å². The number of methoxy groups -OCH3 is 1. The third-order valence-electron chi connectivity index (χ3n) is 5.09. The number of hydrogen-bond acceptors (Lipinski definition) is 5. The molecule has 0 N–H and O–H groups in total. The van der Waals surface area contributed by atoms with E-state index in [2.05, 4.69) is 4.98 Å². The summed E-state index contributed by atoms with van der Waals surface area (Å²) in [6, 6.07) is 3.77. The lowest BCUT2D eigenvalue weighted by Crippen LogP contribution is -2.41. The number of ether oxygens (including phenoxy) is 1. The number of carbonyl (C=O) groups excluding carboxylic acids is 3. The molecule has 0 aromatic carbocycles. The number of carbonyl (C=O) groups is 3. The normalized spacial score (nSPS) is 20.7. The second-order valence-corrected chi connectivity index (χ2v) is 7.03. The minimum absolute atomic E-state index is 0.00363. The van der Waals surface area contributed by atoms with E-state index in [0.717, 1.165) is 12.0 Å². The van der Waals surface area contributed by atoms with Crippen molar-refractivity contribution in [3.05, 3.63) is 30.1 Å². The van der Waals surface area contributed by atoms with E-state index < -0.39 is 0 Å². The predicted molar refractivity (Wildman–Crippen MR) is 97.4 cm³/mol. The zero-order valence-corrected chi connectivity index (χ0v) is 15.7. The zero-order chi connectivity index (χ0) is 19.2. The van der Waals surface area contributed by atoms with Crippen LogP contribution in [0, 0.1) is 5.92 Å². The van der Waals surface area contributed by atoms with Gasteiger partial charge in [0.2, 0.25) is 17.7 Å². The summed E-state index contributed by atoms with van der Waals surface area (Å²) in [5.41, 5.74) is 0.959. The van der Waals surface area contributed by atoms with Gasteiger partial charge in [-0.25, -0.2) is 0 Å². The fraction of sp³-hybridized carbons (Fsp3) is 0.579. The molecule has 3 rings (SSSR count). The Morgan fingerprint density at radius 1 is 1.22 bits per heavy atom. The van der Waals surface area contributed by atoms with Gasteiger partial charge in [-0.15, -0.1) is 0 Å². The molecular formula is C19H26N4O4. The number of hydrogen-bond donors (Lipinski definition) is 0. The molecule has 1 unspecified atom stereocenters. The molecule has 8 nitrogen and oxygen atoms in total. The lowest BCUT2D eigenvalue weighted by molar-refractivity contribution is -0.137. The number of amides is 3. The standard InChI is InChI=1S/C19H26N4O4/c1-27-14-18(25)21-6-3-7-22(9-8-21)19(26)16-10-17(24)23(13-16)12-15-4-2-5-20-11-15/h2,4-5,11,16H,3,6-10,12-14H2,1H3. The van der Waals surface area contributed by atoms with Crippen molar-refractivity contribution in [2.24, 2.45) is 5.92 Å². The summed E-state index contributed by atoms with van der Waals surface area (Å²) in [4.78, 5) is 46.6. The summed E-state index contributed by atoms with van der Waals surface area (Å²) in [7, 11) is 1.50. The van der Waals surface area contributed by atoms with Crippen LogP contribution in [-0.2, 0) is 25.7 Å². The smallest absolute Gasteiger partial charge is 0.248 e. The van der Waals surface area contributed by atoms with E-state index in [0.29, 0.717) is 39.3 Å². The molecule has 27 heavy (non-hydrogen) atoms. The maximum atomic E-state index is 12.9. The van der Waals surface area contributed by atoms with Crippen LogP contribution in [-0.4, -0.2) is 83.8 Å². The van der Waals surface area contributed by atoms with Crippen LogP contribution in [0.2, 0.25) is 0 Å². The highest BCUT2D eigenvalue weighted by molar-refractivity contribution is 5.89. The Labute approximate surface area is 159 Å². The summed E-state index contributed by atoms with van der Waals surface area (Å²) >= 11 is 0. The summed E-state index contributed by atoms with van der Waals surface area (Å²) < 4.78 is 4.91. The molecular weight excluding hydrogens is 348 g/mol. The summed E-state index contributed by atoms with van der Waals surface area (Å²) in [6.45, 7) is 3.24. The first-order valence-corrected chi connectivity index (χ1v) is 9.30. The van der Waals surface area contributed by atoms with Crippen molar-refractivity contribution in [3.8, 4) is 0 Å². The fourth-order valence-electron chi connectivity index (χ4n) is 3.66. The van der Waals surface area contributed by atoms with Crippen LogP contribution < -0.4 is 0 Å². The van der Waals surface area contributed by atoms with Gasteiger partial charge in [-0.05, 0) is 18.1 Å². The number of pyridine rings is 1. The van der Waals surface area contributed by atoms with Crippen molar-refractivity contribution in [1.29, 1.82) is 0 Å². The Kier molecular flexibility index (Phi) is 6.39. The van der Waals surface area contributed by atoms with Crippen molar-refractivity contribution in [1.82, 2.24) is 19.7 Å². The minimum atomic E-state index is -0.310. The first-order valence-electron chi connectivity index (χ1n) is 9.30. The molecule has 146 valence electrons. The van der Waals surface area contributed by atoms with Crippen LogP contribution in [0.15, 0.2) is 24.5 Å². The van der Waals surface area contributed by atoms with Crippen molar-refractivity contribution >= 4 is 17.7 Å². The molecule has 2 saturated heterocycles. The molecule has 0 bridgehead atoms. The van der Waals surface area contributed by atoms with E-state index in [4.69, 9.17) is 4.74 Å². The molecule has 0 radical (unpaired) electrons. The van der Waals surface area contributed by atoms with Crippen molar-refractivity contribution in [2.75, 3.05) is 46.4 Å². The van der Waals surface area contributed by atoms with Crippen LogP contribution in [0.4, 0.5) is 0 Å². The van der Waals surface area contributed by atoms with Crippen molar-refractivity contribution < 1.29 is 19.1 Å². The molecule has 3 heterocycles. The molecule has 2 aliphatic rings. The van der Waals surface area contributed by atoms with Gasteiger partial charge < -0.3 is 19.4 Å². The molecule has 8 heteroatoms. The summed E-state index contributed by atoms with van der Waals surface area (Å²) in [5.74, 6) is -0.345. The van der Waals surface area contributed by atoms with Gasteiger partial charge >= 0.3 is 0 Å². The third-order valence-corrected chi connectivity index (χ3v) is 5.09. The third kappa shape index (κ3) is 4.82. The average Bonchev–Trinajstić information content (AvgIpc) is 2.88.